The molecule has 2 aliphatic rings. The van der Waals surface area contributed by atoms with Crippen LogP contribution in [0.3, 0.4) is 0 Å². The number of ether oxygens (including phenoxy) is 4. The van der Waals surface area contributed by atoms with Crippen LogP contribution in [-0.4, -0.2) is 99.2 Å². The average Bonchev–Trinajstić information content (AvgIpc) is 3.07. The summed E-state index contributed by atoms with van der Waals surface area (Å²) in [6.45, 7) is -1.52. The lowest BCUT2D eigenvalue weighted by molar-refractivity contribution is -0.289. The summed E-state index contributed by atoms with van der Waals surface area (Å²) >= 11 is 0. The summed E-state index contributed by atoms with van der Waals surface area (Å²) in [6, 6.07) is 7.41. The van der Waals surface area contributed by atoms with Gasteiger partial charge in [-0.3, -0.25) is 0 Å². The van der Waals surface area contributed by atoms with E-state index in [0.29, 0.717) is 5.39 Å². The van der Waals surface area contributed by atoms with Gasteiger partial charge in [0.05, 0.1) is 19.8 Å². The molecule has 12 heteroatoms. The van der Waals surface area contributed by atoms with E-state index in [-0.39, 0.29) is 17.9 Å². The van der Waals surface area contributed by atoms with Crippen LogP contribution in [0.5, 0.6) is 5.75 Å². The molecule has 7 unspecified atom stereocenters. The minimum atomic E-state index is -1.89. The van der Waals surface area contributed by atoms with Gasteiger partial charge < -0.3 is 54.0 Å². The van der Waals surface area contributed by atoms with Gasteiger partial charge in [0.15, 0.2) is 6.29 Å². The van der Waals surface area contributed by atoms with Crippen LogP contribution < -0.4 is 10.4 Å². The molecule has 0 saturated carbocycles. The van der Waals surface area contributed by atoms with Crippen molar-refractivity contribution in [3.63, 3.8) is 0 Å². The maximum absolute atomic E-state index is 11.4. The Morgan fingerprint density at radius 1 is 1.03 bits per heavy atom. The molecular formula is C20H24O12. The van der Waals surface area contributed by atoms with Crippen molar-refractivity contribution in [3.8, 4) is 5.75 Å². The molecule has 0 radical (unpaired) electrons. The Labute approximate surface area is 180 Å². The SMILES string of the molecule is O=c1ccc2ccc(OC3OC(COC4OC[C@](O)(CO)C4O)C(O)C(O)C3O)cc2o1. The van der Waals surface area contributed by atoms with Crippen molar-refractivity contribution in [1.82, 2.24) is 0 Å². The van der Waals surface area contributed by atoms with Gasteiger partial charge in [-0.1, -0.05) is 0 Å². The number of hydrogen-bond donors (Lipinski definition) is 6. The first-order chi connectivity index (χ1) is 15.2. The maximum atomic E-state index is 11.4. The lowest BCUT2D eigenvalue weighted by atomic mass is 9.99. The minimum Gasteiger partial charge on any atom is -0.462 e. The van der Waals surface area contributed by atoms with Crippen LogP contribution in [0.2, 0.25) is 0 Å². The molecule has 32 heavy (non-hydrogen) atoms. The van der Waals surface area contributed by atoms with Crippen LogP contribution >= 0.6 is 0 Å². The molecule has 3 heterocycles. The summed E-state index contributed by atoms with van der Waals surface area (Å²) in [4.78, 5) is 11.4. The highest BCUT2D eigenvalue weighted by Gasteiger charge is 2.50. The standard InChI is InChI=1S/C20H24O12/c21-7-20(27)8-29-19(17(20)26)28-6-12-14(23)15(24)16(25)18(32-12)30-10-3-1-9-2-4-13(22)31-11(9)5-10/h1-5,12,14-19,21,23-27H,6-8H2/t12?,14?,15?,16?,17?,18?,19?,20-/m1/s1. The van der Waals surface area contributed by atoms with Crippen LogP contribution in [0.4, 0.5) is 0 Å². The highest BCUT2D eigenvalue weighted by atomic mass is 16.7. The lowest BCUT2D eigenvalue weighted by Crippen LogP contribution is -2.60. The van der Waals surface area contributed by atoms with Gasteiger partial charge in [0.25, 0.3) is 0 Å². The summed E-state index contributed by atoms with van der Waals surface area (Å²) < 4.78 is 26.7. The fourth-order valence-electron chi connectivity index (χ4n) is 3.52. The molecule has 2 fully saturated rings. The second kappa shape index (κ2) is 9.02. The smallest absolute Gasteiger partial charge is 0.336 e. The molecule has 8 atom stereocenters. The Bertz CT molecular complexity index is 994. The van der Waals surface area contributed by atoms with Gasteiger partial charge >= 0.3 is 5.63 Å². The molecule has 0 spiro atoms. The fourth-order valence-corrected chi connectivity index (χ4v) is 3.52. The Morgan fingerprint density at radius 3 is 2.50 bits per heavy atom. The zero-order chi connectivity index (χ0) is 23.0. The Hall–Kier alpha value is -2.13. The third-order valence-electron chi connectivity index (χ3n) is 5.52. The second-order valence-corrected chi connectivity index (χ2v) is 7.81. The Morgan fingerprint density at radius 2 is 1.78 bits per heavy atom. The average molecular weight is 456 g/mol. The van der Waals surface area contributed by atoms with E-state index in [1.807, 2.05) is 0 Å². The first-order valence-corrected chi connectivity index (χ1v) is 9.86. The minimum absolute atomic E-state index is 0.168. The zero-order valence-corrected chi connectivity index (χ0v) is 16.7. The molecule has 2 aliphatic heterocycles. The van der Waals surface area contributed by atoms with Gasteiger partial charge in [-0.05, 0) is 18.2 Å². The number of fused-ring (bicyclic) bond motifs is 1. The van der Waals surface area contributed by atoms with E-state index in [9.17, 15) is 35.4 Å². The molecule has 0 amide bonds. The molecule has 1 aromatic carbocycles. The molecule has 0 bridgehead atoms. The van der Waals surface area contributed by atoms with E-state index in [1.165, 1.54) is 12.1 Å². The van der Waals surface area contributed by atoms with E-state index in [4.69, 9.17) is 23.4 Å². The number of benzene rings is 1. The predicted octanol–water partition coefficient (Wildman–Crippen LogP) is -2.56. The number of aliphatic hydroxyl groups is 6. The largest absolute Gasteiger partial charge is 0.462 e. The number of aliphatic hydroxyl groups excluding tert-OH is 5. The van der Waals surface area contributed by atoms with Gasteiger partial charge in [-0.2, -0.15) is 0 Å². The molecule has 0 aliphatic carbocycles. The molecule has 12 nitrogen and oxygen atoms in total. The van der Waals surface area contributed by atoms with Gasteiger partial charge in [-0.25, -0.2) is 4.79 Å². The van der Waals surface area contributed by atoms with E-state index < -0.39 is 67.5 Å². The number of hydrogen-bond acceptors (Lipinski definition) is 12. The molecule has 176 valence electrons. The normalized spacial score (nSPS) is 37.6. The van der Waals surface area contributed by atoms with Crippen molar-refractivity contribution >= 4 is 11.0 Å². The van der Waals surface area contributed by atoms with Gasteiger partial charge in [0.1, 0.15) is 47.5 Å². The van der Waals surface area contributed by atoms with Gasteiger partial charge in [0, 0.05) is 17.5 Å². The first-order valence-electron chi connectivity index (χ1n) is 9.86. The molecule has 6 N–H and O–H groups in total. The van der Waals surface area contributed by atoms with E-state index in [0.717, 1.165) is 0 Å². The molecule has 4 rings (SSSR count). The van der Waals surface area contributed by atoms with Crippen LogP contribution in [0.1, 0.15) is 0 Å². The van der Waals surface area contributed by atoms with Crippen molar-refractivity contribution in [3.05, 3.63) is 40.8 Å². The van der Waals surface area contributed by atoms with Crippen molar-refractivity contribution < 1.29 is 54.0 Å². The topological polar surface area (TPSA) is 189 Å². The number of rotatable bonds is 6. The summed E-state index contributed by atoms with van der Waals surface area (Å²) in [6.07, 6.45) is -10.3. The van der Waals surface area contributed by atoms with Crippen molar-refractivity contribution in [1.29, 1.82) is 0 Å². The summed E-state index contributed by atoms with van der Waals surface area (Å²) in [5.41, 5.74) is -2.20. The summed E-state index contributed by atoms with van der Waals surface area (Å²) in [7, 11) is 0. The molecule has 2 aromatic rings. The monoisotopic (exact) mass is 456 g/mol. The molecule has 2 saturated heterocycles. The third kappa shape index (κ3) is 4.37. The highest BCUT2D eigenvalue weighted by Crippen LogP contribution is 2.29. The summed E-state index contributed by atoms with van der Waals surface area (Å²) in [5.74, 6) is 0.168. The zero-order valence-electron chi connectivity index (χ0n) is 16.7. The quantitative estimate of drug-likeness (QED) is 0.250. The first kappa shape index (κ1) is 23.0. The maximum Gasteiger partial charge on any atom is 0.336 e. The van der Waals surface area contributed by atoms with Crippen molar-refractivity contribution in [2.45, 2.75) is 48.7 Å². The van der Waals surface area contributed by atoms with Gasteiger partial charge in [0.2, 0.25) is 6.29 Å². The van der Waals surface area contributed by atoms with Crippen LogP contribution in [0, 0.1) is 0 Å². The molecular weight excluding hydrogens is 432 g/mol. The highest BCUT2D eigenvalue weighted by molar-refractivity contribution is 5.77. The van der Waals surface area contributed by atoms with Crippen LogP contribution in [-0.2, 0) is 14.2 Å². The lowest BCUT2D eigenvalue weighted by Gasteiger charge is -2.40. The molecule has 1 aromatic heterocycles. The summed E-state index contributed by atoms with van der Waals surface area (Å²) in [5, 5.41) is 60.6. The van der Waals surface area contributed by atoms with E-state index >= 15 is 0 Å². The van der Waals surface area contributed by atoms with Gasteiger partial charge in [-0.15, -0.1) is 0 Å². The second-order valence-electron chi connectivity index (χ2n) is 7.81. The van der Waals surface area contributed by atoms with Crippen molar-refractivity contribution in [2.24, 2.45) is 0 Å². The van der Waals surface area contributed by atoms with Crippen LogP contribution in [0.15, 0.2) is 39.5 Å². The Balaban J connectivity index is 1.44. The predicted molar refractivity (Wildman–Crippen MR) is 104 cm³/mol. The van der Waals surface area contributed by atoms with E-state index in [1.54, 1.807) is 18.2 Å². The Kier molecular flexibility index (Phi) is 6.49. The van der Waals surface area contributed by atoms with Crippen molar-refractivity contribution in [2.75, 3.05) is 19.8 Å². The van der Waals surface area contributed by atoms with Crippen LogP contribution in [0.25, 0.3) is 11.0 Å². The fraction of sp³-hybridized carbons (Fsp3) is 0.550. The third-order valence-corrected chi connectivity index (χ3v) is 5.52. The van der Waals surface area contributed by atoms with E-state index in [2.05, 4.69) is 0 Å².